The molecular formula is C16H25NO3S. The molecule has 0 bridgehead atoms. The van der Waals surface area contributed by atoms with Gasteiger partial charge in [0.25, 0.3) is 0 Å². The van der Waals surface area contributed by atoms with Gasteiger partial charge in [-0.15, -0.1) is 0 Å². The van der Waals surface area contributed by atoms with E-state index in [2.05, 4.69) is 18.6 Å². The maximum Gasteiger partial charge on any atom is 0.240 e. The van der Waals surface area contributed by atoms with Crippen LogP contribution in [0.25, 0.3) is 0 Å². The predicted octanol–water partition coefficient (Wildman–Crippen LogP) is 2.78. The third kappa shape index (κ3) is 4.05. The summed E-state index contributed by atoms with van der Waals surface area (Å²) in [7, 11) is -3.55. The molecule has 5 heteroatoms. The minimum absolute atomic E-state index is 0.0997. The van der Waals surface area contributed by atoms with Crippen molar-refractivity contribution < 1.29 is 13.5 Å². The zero-order valence-electron chi connectivity index (χ0n) is 12.8. The zero-order valence-corrected chi connectivity index (χ0v) is 13.6. The van der Waals surface area contributed by atoms with E-state index in [9.17, 15) is 13.5 Å². The summed E-state index contributed by atoms with van der Waals surface area (Å²) in [6.45, 7) is 4.33. The first-order valence-corrected chi connectivity index (χ1v) is 9.17. The Balaban J connectivity index is 2.05. The van der Waals surface area contributed by atoms with E-state index in [1.807, 2.05) is 12.1 Å². The summed E-state index contributed by atoms with van der Waals surface area (Å²) in [4.78, 5) is 0.260. The number of nitrogens with one attached hydrogen (secondary N) is 1. The molecular weight excluding hydrogens is 286 g/mol. The van der Waals surface area contributed by atoms with E-state index in [0.29, 0.717) is 18.8 Å². The maximum absolute atomic E-state index is 12.3. The Hall–Kier alpha value is -0.910. The molecule has 2 N–H and O–H groups in total. The Labute approximate surface area is 127 Å². The van der Waals surface area contributed by atoms with Crippen molar-refractivity contribution in [3.8, 4) is 0 Å². The van der Waals surface area contributed by atoms with Gasteiger partial charge in [-0.05, 0) is 42.9 Å². The van der Waals surface area contributed by atoms with Gasteiger partial charge in [-0.2, -0.15) is 0 Å². The minimum Gasteiger partial charge on any atom is -0.389 e. The lowest BCUT2D eigenvalue weighted by molar-refractivity contribution is 0.0532. The second kappa shape index (κ2) is 6.46. The number of rotatable bonds is 6. The average molecular weight is 311 g/mol. The Bertz CT molecular complexity index is 560. The smallest absolute Gasteiger partial charge is 0.240 e. The number of hydrogen-bond donors (Lipinski definition) is 2. The van der Waals surface area contributed by atoms with Gasteiger partial charge in [-0.3, -0.25) is 0 Å². The van der Waals surface area contributed by atoms with Crippen LogP contribution in [-0.4, -0.2) is 25.7 Å². The van der Waals surface area contributed by atoms with Crippen molar-refractivity contribution in [2.45, 2.75) is 62.4 Å². The second-order valence-corrected chi connectivity index (χ2v) is 7.90. The van der Waals surface area contributed by atoms with Crippen LogP contribution in [0.2, 0.25) is 0 Å². The van der Waals surface area contributed by atoms with E-state index in [1.165, 1.54) is 0 Å². The van der Waals surface area contributed by atoms with E-state index in [4.69, 9.17) is 0 Å². The summed E-state index contributed by atoms with van der Waals surface area (Å²) in [6, 6.07) is 7.02. The number of hydrogen-bond acceptors (Lipinski definition) is 3. The molecule has 0 spiro atoms. The topological polar surface area (TPSA) is 66.4 Å². The molecule has 1 fully saturated rings. The van der Waals surface area contributed by atoms with Gasteiger partial charge in [0.05, 0.1) is 10.5 Å². The van der Waals surface area contributed by atoms with Crippen LogP contribution in [0.1, 0.15) is 57.4 Å². The first-order chi connectivity index (χ1) is 9.86. The minimum atomic E-state index is -3.55. The summed E-state index contributed by atoms with van der Waals surface area (Å²) >= 11 is 0. The molecule has 0 radical (unpaired) electrons. The normalized spacial score (nSPS) is 19.6. The Morgan fingerprint density at radius 2 is 1.81 bits per heavy atom. The molecule has 1 atom stereocenters. The van der Waals surface area contributed by atoms with Crippen LogP contribution >= 0.6 is 0 Å². The highest BCUT2D eigenvalue weighted by Crippen LogP contribution is 2.29. The molecule has 1 aromatic rings. The highest BCUT2D eigenvalue weighted by atomic mass is 32.2. The molecule has 2 rings (SSSR count). The largest absolute Gasteiger partial charge is 0.389 e. The van der Waals surface area contributed by atoms with Gasteiger partial charge in [0.2, 0.25) is 10.0 Å². The van der Waals surface area contributed by atoms with Gasteiger partial charge in [-0.25, -0.2) is 13.1 Å². The SMILES string of the molecule is CCC(C)c1ccc(S(=O)(=O)NCC2(O)CCCC2)cc1. The molecule has 0 aliphatic heterocycles. The Kier molecular flexibility index (Phi) is 5.07. The van der Waals surface area contributed by atoms with Crippen LogP contribution in [0.3, 0.4) is 0 Å². The highest BCUT2D eigenvalue weighted by molar-refractivity contribution is 7.89. The molecule has 0 amide bonds. The van der Waals surface area contributed by atoms with Crippen LogP contribution < -0.4 is 4.72 Å². The van der Waals surface area contributed by atoms with Gasteiger partial charge >= 0.3 is 0 Å². The molecule has 0 heterocycles. The summed E-state index contributed by atoms with van der Waals surface area (Å²) < 4.78 is 27.1. The lowest BCUT2D eigenvalue weighted by Crippen LogP contribution is -2.40. The van der Waals surface area contributed by atoms with E-state index in [-0.39, 0.29) is 11.4 Å². The molecule has 0 aromatic heterocycles. The Morgan fingerprint density at radius 3 is 2.33 bits per heavy atom. The molecule has 21 heavy (non-hydrogen) atoms. The van der Waals surface area contributed by atoms with Crippen LogP contribution in [0, 0.1) is 0 Å². The summed E-state index contributed by atoms with van der Waals surface area (Å²) in [5.74, 6) is 0.425. The van der Waals surface area contributed by atoms with Crippen molar-refractivity contribution in [3.05, 3.63) is 29.8 Å². The van der Waals surface area contributed by atoms with Crippen molar-refractivity contribution in [2.24, 2.45) is 0 Å². The molecule has 1 aromatic carbocycles. The molecule has 4 nitrogen and oxygen atoms in total. The first kappa shape index (κ1) is 16.5. The van der Waals surface area contributed by atoms with E-state index < -0.39 is 15.6 Å². The standard InChI is InChI=1S/C16H25NO3S/c1-3-13(2)14-6-8-15(9-7-14)21(19,20)17-12-16(18)10-4-5-11-16/h6-9,13,17-18H,3-5,10-12H2,1-2H3. The maximum atomic E-state index is 12.3. The van der Waals surface area contributed by atoms with Crippen LogP contribution in [0.4, 0.5) is 0 Å². The van der Waals surface area contributed by atoms with Crippen molar-refractivity contribution in [2.75, 3.05) is 6.54 Å². The monoisotopic (exact) mass is 311 g/mol. The lowest BCUT2D eigenvalue weighted by Gasteiger charge is -2.22. The number of aliphatic hydroxyl groups is 1. The van der Waals surface area contributed by atoms with Gasteiger partial charge in [0, 0.05) is 6.54 Å². The van der Waals surface area contributed by atoms with Crippen molar-refractivity contribution >= 4 is 10.0 Å². The quantitative estimate of drug-likeness (QED) is 0.849. The second-order valence-electron chi connectivity index (χ2n) is 6.13. The lowest BCUT2D eigenvalue weighted by atomic mass is 9.99. The summed E-state index contributed by atoms with van der Waals surface area (Å²) in [5, 5.41) is 10.2. The first-order valence-electron chi connectivity index (χ1n) is 7.68. The van der Waals surface area contributed by atoms with Crippen molar-refractivity contribution in [1.82, 2.24) is 4.72 Å². The van der Waals surface area contributed by atoms with Crippen LogP contribution in [-0.2, 0) is 10.0 Å². The predicted molar refractivity (Wildman–Crippen MR) is 83.8 cm³/mol. The summed E-state index contributed by atoms with van der Waals surface area (Å²) in [6.07, 6.45) is 4.28. The molecule has 1 unspecified atom stereocenters. The third-order valence-electron chi connectivity index (χ3n) is 4.50. The molecule has 1 saturated carbocycles. The van der Waals surface area contributed by atoms with Gasteiger partial charge in [0.15, 0.2) is 0 Å². The number of benzene rings is 1. The van der Waals surface area contributed by atoms with Gasteiger partial charge < -0.3 is 5.11 Å². The van der Waals surface area contributed by atoms with Crippen LogP contribution in [0.15, 0.2) is 29.2 Å². The average Bonchev–Trinajstić information content (AvgIpc) is 2.92. The summed E-state index contributed by atoms with van der Waals surface area (Å²) in [5.41, 5.74) is 0.273. The molecule has 118 valence electrons. The fourth-order valence-corrected chi connectivity index (χ4v) is 3.85. The van der Waals surface area contributed by atoms with E-state index in [1.54, 1.807) is 12.1 Å². The molecule has 1 aliphatic carbocycles. The van der Waals surface area contributed by atoms with Crippen molar-refractivity contribution in [1.29, 1.82) is 0 Å². The van der Waals surface area contributed by atoms with Crippen molar-refractivity contribution in [3.63, 3.8) is 0 Å². The Morgan fingerprint density at radius 1 is 1.24 bits per heavy atom. The molecule has 1 aliphatic rings. The van der Waals surface area contributed by atoms with Crippen LogP contribution in [0.5, 0.6) is 0 Å². The number of sulfonamides is 1. The van der Waals surface area contributed by atoms with Gasteiger partial charge in [0.1, 0.15) is 0 Å². The molecule has 0 saturated heterocycles. The van der Waals surface area contributed by atoms with Gasteiger partial charge in [-0.1, -0.05) is 38.8 Å². The third-order valence-corrected chi connectivity index (χ3v) is 5.91. The fourth-order valence-electron chi connectivity index (χ4n) is 2.73. The fraction of sp³-hybridized carbons (Fsp3) is 0.625. The van der Waals surface area contributed by atoms with E-state index >= 15 is 0 Å². The highest BCUT2D eigenvalue weighted by Gasteiger charge is 2.32. The zero-order chi connectivity index (χ0) is 15.5. The van der Waals surface area contributed by atoms with E-state index in [0.717, 1.165) is 24.8 Å².